The maximum Gasteiger partial charge on any atom is 0.410 e. The molecule has 1 aliphatic carbocycles. The van der Waals surface area contributed by atoms with E-state index in [0.29, 0.717) is 35.0 Å². The smallest absolute Gasteiger partial charge is 0.410 e. The van der Waals surface area contributed by atoms with Gasteiger partial charge in [0.2, 0.25) is 5.91 Å². The van der Waals surface area contributed by atoms with Crippen LogP contribution in [0.1, 0.15) is 59.8 Å². The maximum absolute atomic E-state index is 12.5. The van der Waals surface area contributed by atoms with Gasteiger partial charge in [-0.15, -0.1) is 0 Å². The molecule has 4 rings (SSSR count). The number of pyridine rings is 1. The van der Waals surface area contributed by atoms with Crippen LogP contribution in [0.3, 0.4) is 0 Å². The number of benzene rings is 1. The van der Waals surface area contributed by atoms with Crippen molar-refractivity contribution in [1.82, 2.24) is 9.88 Å². The molecule has 2 unspecified atom stereocenters. The van der Waals surface area contributed by atoms with E-state index in [-0.39, 0.29) is 12.0 Å². The molecule has 2 aliphatic rings. The molecule has 2 N–H and O–H groups in total. The monoisotopic (exact) mass is 500 g/mol. The van der Waals surface area contributed by atoms with Gasteiger partial charge in [0.15, 0.2) is 5.15 Å². The predicted octanol–water partition coefficient (Wildman–Crippen LogP) is 6.32. The van der Waals surface area contributed by atoms with Crippen molar-refractivity contribution in [3.8, 4) is 0 Å². The summed E-state index contributed by atoms with van der Waals surface area (Å²) in [6.45, 7) is 10.1. The van der Waals surface area contributed by atoms with Gasteiger partial charge in [0, 0.05) is 31.4 Å². The van der Waals surface area contributed by atoms with E-state index in [1.807, 2.05) is 49.9 Å². The van der Waals surface area contributed by atoms with E-state index in [0.717, 1.165) is 61.9 Å². The van der Waals surface area contributed by atoms with Crippen LogP contribution in [0.4, 0.5) is 16.2 Å². The highest BCUT2D eigenvalue weighted by Gasteiger charge is 2.43. The van der Waals surface area contributed by atoms with E-state index in [2.05, 4.69) is 22.5 Å². The Hall–Kier alpha value is -2.54. The molecule has 1 aromatic carbocycles. The fraction of sp³-hybridized carbons (Fsp3) is 0.593. The Kier molecular flexibility index (Phi) is 7.74. The Labute approximate surface area is 212 Å². The summed E-state index contributed by atoms with van der Waals surface area (Å²) in [5.41, 5.74) is 1.71. The molecule has 35 heavy (non-hydrogen) atoms. The minimum absolute atomic E-state index is 0.0495. The zero-order valence-electron chi connectivity index (χ0n) is 21.2. The average Bonchev–Trinajstić information content (AvgIpc) is 3.35. The number of amides is 2. The molecule has 2 fully saturated rings. The van der Waals surface area contributed by atoms with Crippen molar-refractivity contribution in [3.05, 3.63) is 29.4 Å². The van der Waals surface area contributed by atoms with Gasteiger partial charge in [0.05, 0.1) is 11.2 Å². The van der Waals surface area contributed by atoms with E-state index >= 15 is 0 Å². The Morgan fingerprint density at radius 1 is 1.14 bits per heavy atom. The molecule has 190 valence electrons. The molecule has 0 radical (unpaired) electrons. The van der Waals surface area contributed by atoms with Crippen LogP contribution in [-0.2, 0) is 9.53 Å². The number of carbonyl (C=O) groups is 2. The molecule has 1 aromatic heterocycles. The molecule has 7 nitrogen and oxygen atoms in total. The van der Waals surface area contributed by atoms with Crippen LogP contribution < -0.4 is 10.6 Å². The van der Waals surface area contributed by atoms with Crippen molar-refractivity contribution in [2.45, 2.75) is 65.4 Å². The van der Waals surface area contributed by atoms with Gasteiger partial charge in [-0.2, -0.15) is 0 Å². The lowest BCUT2D eigenvalue weighted by Crippen LogP contribution is -2.36. The topological polar surface area (TPSA) is 83.6 Å². The summed E-state index contributed by atoms with van der Waals surface area (Å²) in [5, 5.41) is 7.85. The Balaban J connectivity index is 1.43. The Morgan fingerprint density at radius 2 is 1.83 bits per heavy atom. The van der Waals surface area contributed by atoms with E-state index in [9.17, 15) is 9.59 Å². The second-order valence-corrected chi connectivity index (χ2v) is 11.3. The molecule has 2 atom stereocenters. The quantitative estimate of drug-likeness (QED) is 0.434. The van der Waals surface area contributed by atoms with Gasteiger partial charge < -0.3 is 20.3 Å². The molecular weight excluding hydrogens is 464 g/mol. The number of unbranched alkanes of at least 4 members (excludes halogenated alkanes) is 1. The van der Waals surface area contributed by atoms with Crippen molar-refractivity contribution in [2.24, 2.45) is 17.8 Å². The molecule has 2 heterocycles. The average molecular weight is 501 g/mol. The van der Waals surface area contributed by atoms with Crippen LogP contribution in [0.5, 0.6) is 0 Å². The van der Waals surface area contributed by atoms with Gasteiger partial charge >= 0.3 is 6.09 Å². The van der Waals surface area contributed by atoms with Crippen LogP contribution >= 0.6 is 11.6 Å². The standard InChI is InChI=1S/C27H37ClN4O3/c1-5-6-11-22(33)31-24-23(20-9-7-8-10-21(20)30-25(24)28)29-14-17-12-18-15-32(16-19(18)13-17)26(34)35-27(2,3)4/h7-10,17-19H,5-6,11-16H2,1-4H3,(H,29,30)(H,31,33). The van der Waals surface area contributed by atoms with Crippen LogP contribution in [0, 0.1) is 17.8 Å². The molecule has 8 heteroatoms. The van der Waals surface area contributed by atoms with E-state index in [4.69, 9.17) is 16.3 Å². The van der Waals surface area contributed by atoms with E-state index in [1.165, 1.54) is 0 Å². The summed E-state index contributed by atoms with van der Waals surface area (Å²) >= 11 is 6.54. The second kappa shape index (κ2) is 10.6. The molecule has 0 spiro atoms. The first-order valence-electron chi connectivity index (χ1n) is 12.7. The molecule has 1 saturated heterocycles. The normalized spacial score (nSPS) is 21.7. The molecule has 0 bridgehead atoms. The number of rotatable bonds is 7. The summed E-state index contributed by atoms with van der Waals surface area (Å²) in [5.74, 6) is 1.44. The number of para-hydroxylation sites is 1. The van der Waals surface area contributed by atoms with Crippen LogP contribution in [0.15, 0.2) is 24.3 Å². The Bertz CT molecular complexity index is 1070. The van der Waals surface area contributed by atoms with Gasteiger partial charge in [-0.05, 0) is 63.9 Å². The molecular formula is C27H37ClN4O3. The first-order valence-corrected chi connectivity index (χ1v) is 13.1. The van der Waals surface area contributed by atoms with Crippen molar-refractivity contribution in [1.29, 1.82) is 0 Å². The number of likely N-dealkylation sites (tertiary alicyclic amines) is 1. The lowest BCUT2D eigenvalue weighted by molar-refractivity contribution is -0.116. The largest absolute Gasteiger partial charge is 0.444 e. The first kappa shape index (κ1) is 25.5. The highest BCUT2D eigenvalue weighted by molar-refractivity contribution is 6.34. The van der Waals surface area contributed by atoms with Crippen molar-refractivity contribution in [3.63, 3.8) is 0 Å². The summed E-state index contributed by atoms with van der Waals surface area (Å²) in [7, 11) is 0. The third-order valence-corrected chi connectivity index (χ3v) is 7.21. The fourth-order valence-corrected chi connectivity index (χ4v) is 5.57. The lowest BCUT2D eigenvalue weighted by atomic mass is 10.0. The van der Waals surface area contributed by atoms with Crippen LogP contribution in [0.25, 0.3) is 10.9 Å². The van der Waals surface area contributed by atoms with Gasteiger partial charge in [0.1, 0.15) is 11.3 Å². The second-order valence-electron chi connectivity index (χ2n) is 10.9. The lowest BCUT2D eigenvalue weighted by Gasteiger charge is -2.25. The first-order chi connectivity index (χ1) is 16.6. The van der Waals surface area contributed by atoms with E-state index in [1.54, 1.807) is 0 Å². The summed E-state index contributed by atoms with van der Waals surface area (Å²) in [6, 6.07) is 7.84. The Morgan fingerprint density at radius 3 is 2.49 bits per heavy atom. The summed E-state index contributed by atoms with van der Waals surface area (Å²) < 4.78 is 5.56. The predicted molar refractivity (Wildman–Crippen MR) is 141 cm³/mol. The number of carbonyl (C=O) groups excluding carboxylic acids is 2. The van der Waals surface area contributed by atoms with Gasteiger partial charge in [-0.1, -0.05) is 43.1 Å². The minimum atomic E-state index is -0.473. The van der Waals surface area contributed by atoms with Gasteiger partial charge in [0.25, 0.3) is 0 Å². The number of hydrogen-bond acceptors (Lipinski definition) is 5. The molecule has 1 aliphatic heterocycles. The van der Waals surface area contributed by atoms with Gasteiger partial charge in [-0.3, -0.25) is 4.79 Å². The number of hydrogen-bond donors (Lipinski definition) is 2. The zero-order valence-corrected chi connectivity index (χ0v) is 22.0. The van der Waals surface area contributed by atoms with Crippen molar-refractivity contribution < 1.29 is 14.3 Å². The van der Waals surface area contributed by atoms with Crippen LogP contribution in [0.2, 0.25) is 5.15 Å². The van der Waals surface area contributed by atoms with Crippen molar-refractivity contribution in [2.75, 3.05) is 30.3 Å². The highest BCUT2D eigenvalue weighted by atomic mass is 35.5. The summed E-state index contributed by atoms with van der Waals surface area (Å²) in [4.78, 5) is 31.4. The molecule has 2 aromatic rings. The molecule has 2 amide bonds. The number of nitrogens with one attached hydrogen (secondary N) is 2. The maximum atomic E-state index is 12.5. The van der Waals surface area contributed by atoms with E-state index < -0.39 is 5.60 Å². The number of fused-ring (bicyclic) bond motifs is 2. The van der Waals surface area contributed by atoms with Crippen molar-refractivity contribution >= 4 is 45.9 Å². The van der Waals surface area contributed by atoms with Gasteiger partial charge in [-0.25, -0.2) is 9.78 Å². The third-order valence-electron chi connectivity index (χ3n) is 6.94. The highest BCUT2D eigenvalue weighted by Crippen LogP contribution is 2.43. The zero-order chi connectivity index (χ0) is 25.2. The van der Waals surface area contributed by atoms with Crippen LogP contribution in [-0.4, -0.2) is 47.1 Å². The SMILES string of the molecule is CCCCC(=O)Nc1c(Cl)nc2ccccc2c1NCC1CC2CN(C(=O)OC(C)(C)C)CC2C1. The number of halogens is 1. The number of ether oxygens (including phenoxy) is 1. The minimum Gasteiger partial charge on any atom is -0.444 e. The molecule has 1 saturated carbocycles. The third kappa shape index (κ3) is 6.18. The number of anilines is 2. The number of aromatic nitrogens is 1. The fourth-order valence-electron chi connectivity index (χ4n) is 5.33. The number of nitrogens with zero attached hydrogens (tertiary/aromatic N) is 2. The summed E-state index contributed by atoms with van der Waals surface area (Å²) in [6.07, 6.45) is 4.16.